The summed E-state index contributed by atoms with van der Waals surface area (Å²) in [6, 6.07) is 5.61. The Hall–Kier alpha value is 0.0900. The van der Waals surface area contributed by atoms with Crippen molar-refractivity contribution in [2.75, 3.05) is 0 Å². The van der Waals surface area contributed by atoms with Gasteiger partial charge in [0.2, 0.25) is 0 Å². The molecule has 3 heteroatoms. The summed E-state index contributed by atoms with van der Waals surface area (Å²) in [6.07, 6.45) is 2.15. The molecule has 0 bridgehead atoms. The van der Waals surface area contributed by atoms with Crippen LogP contribution in [0.1, 0.15) is 37.6 Å². The van der Waals surface area contributed by atoms with Crippen LogP contribution in [-0.2, 0) is 0 Å². The van der Waals surface area contributed by atoms with Crippen molar-refractivity contribution < 1.29 is 0 Å². The van der Waals surface area contributed by atoms with Crippen LogP contribution in [0.2, 0.25) is 10.0 Å². The minimum Gasteiger partial charge on any atom is -0.118 e. The molecule has 0 aliphatic carbocycles. The molecule has 0 fully saturated rings. The zero-order valence-corrected chi connectivity index (χ0v) is 11.2. The zero-order chi connectivity index (χ0) is 11.4. The minimum atomic E-state index is 0.0229. The fraction of sp³-hybridized carbons (Fsp3) is 0.500. The van der Waals surface area contributed by atoms with Gasteiger partial charge in [0.1, 0.15) is 0 Å². The molecule has 1 aromatic rings. The lowest BCUT2D eigenvalue weighted by Gasteiger charge is -2.19. The van der Waals surface area contributed by atoms with E-state index in [-0.39, 0.29) is 5.38 Å². The van der Waals surface area contributed by atoms with E-state index in [1.54, 1.807) is 6.07 Å². The van der Waals surface area contributed by atoms with Crippen molar-refractivity contribution in [2.45, 2.75) is 32.1 Å². The van der Waals surface area contributed by atoms with Gasteiger partial charge in [-0.1, -0.05) is 56.0 Å². The summed E-state index contributed by atoms with van der Waals surface area (Å²) in [6.45, 7) is 4.31. The van der Waals surface area contributed by atoms with Crippen molar-refractivity contribution in [1.82, 2.24) is 0 Å². The summed E-state index contributed by atoms with van der Waals surface area (Å²) in [5.41, 5.74) is 1.06. The smallest absolute Gasteiger partial charge is 0.0613 e. The predicted octanol–water partition coefficient (Wildman–Crippen LogP) is 5.71. The largest absolute Gasteiger partial charge is 0.118 e. The maximum Gasteiger partial charge on any atom is 0.0613 e. The Balaban J connectivity index is 2.90. The SMILES string of the molecule is CCC(CC)C(Cl)c1ccc(Cl)c(Cl)c1. The molecule has 0 saturated heterocycles. The molecule has 1 unspecified atom stereocenters. The third kappa shape index (κ3) is 3.27. The van der Waals surface area contributed by atoms with Crippen LogP contribution in [0, 0.1) is 5.92 Å². The van der Waals surface area contributed by atoms with Crippen LogP contribution in [0.25, 0.3) is 0 Å². The number of rotatable bonds is 4. The highest BCUT2D eigenvalue weighted by Crippen LogP contribution is 2.35. The van der Waals surface area contributed by atoms with Crippen LogP contribution >= 0.6 is 34.8 Å². The third-order valence-corrected chi connectivity index (χ3v) is 4.07. The molecule has 1 rings (SSSR count). The molecule has 1 aromatic carbocycles. The molecule has 0 amide bonds. The Labute approximate surface area is 107 Å². The zero-order valence-electron chi connectivity index (χ0n) is 8.93. The predicted molar refractivity (Wildman–Crippen MR) is 69.1 cm³/mol. The first-order valence-corrected chi connectivity index (χ1v) is 6.38. The quantitative estimate of drug-likeness (QED) is 0.612. The van der Waals surface area contributed by atoms with Gasteiger partial charge in [-0.05, 0) is 23.6 Å². The molecule has 0 aliphatic rings. The van der Waals surface area contributed by atoms with Gasteiger partial charge in [0.05, 0.1) is 15.4 Å². The van der Waals surface area contributed by atoms with Crippen molar-refractivity contribution >= 4 is 34.8 Å². The first-order chi connectivity index (χ1) is 7.10. The first kappa shape index (κ1) is 13.2. The summed E-state index contributed by atoms with van der Waals surface area (Å²) in [5, 5.41) is 1.18. The molecular formula is C12H15Cl3. The van der Waals surface area contributed by atoms with Crippen molar-refractivity contribution in [3.8, 4) is 0 Å². The summed E-state index contributed by atoms with van der Waals surface area (Å²) in [5.74, 6) is 0.490. The van der Waals surface area contributed by atoms with E-state index in [2.05, 4.69) is 13.8 Å². The molecule has 0 N–H and O–H groups in total. The molecule has 0 saturated carbocycles. The van der Waals surface area contributed by atoms with Crippen molar-refractivity contribution in [2.24, 2.45) is 5.92 Å². The fourth-order valence-corrected chi connectivity index (χ4v) is 2.46. The Morgan fingerprint density at radius 1 is 1.07 bits per heavy atom. The topological polar surface area (TPSA) is 0 Å². The van der Waals surface area contributed by atoms with E-state index in [4.69, 9.17) is 34.8 Å². The lowest BCUT2D eigenvalue weighted by Crippen LogP contribution is -2.05. The van der Waals surface area contributed by atoms with Crippen molar-refractivity contribution in [1.29, 1.82) is 0 Å². The normalized spacial score (nSPS) is 13.2. The summed E-state index contributed by atoms with van der Waals surface area (Å²) < 4.78 is 0. The van der Waals surface area contributed by atoms with Gasteiger partial charge in [-0.2, -0.15) is 0 Å². The molecule has 0 aromatic heterocycles. The van der Waals surface area contributed by atoms with Crippen LogP contribution in [-0.4, -0.2) is 0 Å². The molecule has 0 radical (unpaired) electrons. The van der Waals surface area contributed by atoms with Crippen LogP contribution in [0.4, 0.5) is 0 Å². The van der Waals surface area contributed by atoms with E-state index in [1.165, 1.54) is 0 Å². The molecule has 0 nitrogen and oxygen atoms in total. The van der Waals surface area contributed by atoms with E-state index < -0.39 is 0 Å². The second-order valence-electron chi connectivity index (χ2n) is 3.65. The highest BCUT2D eigenvalue weighted by atomic mass is 35.5. The standard InChI is InChI=1S/C12H15Cl3/c1-3-8(4-2)12(15)9-5-6-10(13)11(14)7-9/h5-8,12H,3-4H2,1-2H3. The van der Waals surface area contributed by atoms with E-state index >= 15 is 0 Å². The monoisotopic (exact) mass is 264 g/mol. The molecule has 15 heavy (non-hydrogen) atoms. The Bertz CT molecular complexity index is 319. The van der Waals surface area contributed by atoms with Crippen molar-refractivity contribution in [3.05, 3.63) is 33.8 Å². The average Bonchev–Trinajstić information content (AvgIpc) is 2.23. The van der Waals surface area contributed by atoms with Gasteiger partial charge < -0.3 is 0 Å². The highest BCUT2D eigenvalue weighted by molar-refractivity contribution is 6.42. The lowest BCUT2D eigenvalue weighted by molar-refractivity contribution is 0.476. The molecular weight excluding hydrogens is 250 g/mol. The number of halogens is 3. The molecule has 84 valence electrons. The van der Waals surface area contributed by atoms with Crippen LogP contribution < -0.4 is 0 Å². The number of benzene rings is 1. The van der Waals surface area contributed by atoms with Gasteiger partial charge in [0, 0.05) is 0 Å². The van der Waals surface area contributed by atoms with Gasteiger partial charge in [0.15, 0.2) is 0 Å². The molecule has 0 aliphatic heterocycles. The molecule has 1 atom stereocenters. The number of hydrogen-bond donors (Lipinski definition) is 0. The summed E-state index contributed by atoms with van der Waals surface area (Å²) in [7, 11) is 0. The maximum absolute atomic E-state index is 6.40. The molecule has 0 heterocycles. The van der Waals surface area contributed by atoms with E-state index in [0.29, 0.717) is 16.0 Å². The van der Waals surface area contributed by atoms with Crippen LogP contribution in [0.15, 0.2) is 18.2 Å². The van der Waals surface area contributed by atoms with Gasteiger partial charge in [-0.15, -0.1) is 11.6 Å². The van der Waals surface area contributed by atoms with E-state index in [0.717, 1.165) is 18.4 Å². The van der Waals surface area contributed by atoms with E-state index in [1.807, 2.05) is 12.1 Å². The molecule has 0 spiro atoms. The van der Waals surface area contributed by atoms with Crippen LogP contribution in [0.5, 0.6) is 0 Å². The summed E-state index contributed by atoms with van der Waals surface area (Å²) in [4.78, 5) is 0. The maximum atomic E-state index is 6.40. The van der Waals surface area contributed by atoms with Crippen LogP contribution in [0.3, 0.4) is 0 Å². The minimum absolute atomic E-state index is 0.0229. The fourth-order valence-electron chi connectivity index (χ4n) is 1.66. The van der Waals surface area contributed by atoms with E-state index in [9.17, 15) is 0 Å². The first-order valence-electron chi connectivity index (χ1n) is 5.19. The van der Waals surface area contributed by atoms with Gasteiger partial charge in [0.25, 0.3) is 0 Å². The van der Waals surface area contributed by atoms with Crippen molar-refractivity contribution in [3.63, 3.8) is 0 Å². The Morgan fingerprint density at radius 3 is 2.13 bits per heavy atom. The second kappa shape index (κ2) is 5.98. The number of hydrogen-bond acceptors (Lipinski definition) is 0. The van der Waals surface area contributed by atoms with Gasteiger partial charge in [-0.25, -0.2) is 0 Å². The van der Waals surface area contributed by atoms with Gasteiger partial charge in [-0.3, -0.25) is 0 Å². The highest BCUT2D eigenvalue weighted by Gasteiger charge is 2.18. The van der Waals surface area contributed by atoms with Gasteiger partial charge >= 0.3 is 0 Å². The Kier molecular flexibility index (Phi) is 5.25. The number of alkyl halides is 1. The summed E-state index contributed by atoms with van der Waals surface area (Å²) >= 11 is 18.2. The Morgan fingerprint density at radius 2 is 1.67 bits per heavy atom. The lowest BCUT2D eigenvalue weighted by atomic mass is 9.94. The average molecular weight is 266 g/mol. The third-order valence-electron chi connectivity index (χ3n) is 2.72. The second-order valence-corrected chi connectivity index (χ2v) is 4.94.